The summed E-state index contributed by atoms with van der Waals surface area (Å²) >= 11 is 7.77. The summed E-state index contributed by atoms with van der Waals surface area (Å²) in [5, 5.41) is 2.79. The van der Waals surface area contributed by atoms with Crippen LogP contribution < -0.4 is 5.32 Å². The number of nitrogens with zero attached hydrogens (tertiary/aromatic N) is 2. The Morgan fingerprint density at radius 1 is 1.55 bits per heavy atom. The van der Waals surface area contributed by atoms with E-state index in [1.165, 1.54) is 6.07 Å². The summed E-state index contributed by atoms with van der Waals surface area (Å²) in [6.07, 6.45) is 0.867. The highest BCUT2D eigenvalue weighted by Gasteiger charge is 2.15. The third kappa shape index (κ3) is 3.22. The molecule has 1 aromatic carbocycles. The van der Waals surface area contributed by atoms with E-state index in [4.69, 9.17) is 11.6 Å². The Kier molecular flexibility index (Phi) is 5.20. The van der Waals surface area contributed by atoms with E-state index in [-0.39, 0.29) is 24.1 Å². The highest BCUT2D eigenvalue weighted by atomic mass is 127. The van der Waals surface area contributed by atoms with Crippen LogP contribution in [0.3, 0.4) is 0 Å². The minimum absolute atomic E-state index is 0.0958. The van der Waals surface area contributed by atoms with E-state index in [2.05, 4.69) is 10.3 Å². The van der Waals surface area contributed by atoms with Crippen molar-refractivity contribution in [3.8, 4) is 0 Å². The first-order valence-electron chi connectivity index (χ1n) is 6.23. The van der Waals surface area contributed by atoms with Crippen LogP contribution >= 0.6 is 34.2 Å². The van der Waals surface area contributed by atoms with Gasteiger partial charge in [-0.25, -0.2) is 9.37 Å². The minimum Gasteiger partial charge on any atom is -0.355 e. The summed E-state index contributed by atoms with van der Waals surface area (Å²) in [6.45, 7) is 2.70. The molecule has 0 fully saturated rings. The maximum absolute atomic E-state index is 13.7. The number of aromatic nitrogens is 2. The molecule has 0 aliphatic rings. The van der Waals surface area contributed by atoms with Gasteiger partial charge in [0.05, 0.1) is 20.5 Å². The number of imidazole rings is 1. The summed E-state index contributed by atoms with van der Waals surface area (Å²) in [6, 6.07) is 3.05. The molecule has 0 atom stereocenters. The van der Waals surface area contributed by atoms with Gasteiger partial charge in [-0.05, 0) is 35.1 Å². The molecule has 108 valence electrons. The van der Waals surface area contributed by atoms with Gasteiger partial charge in [-0.2, -0.15) is 0 Å². The average Bonchev–Trinajstić information content (AvgIpc) is 2.74. The Balaban J connectivity index is 2.39. The molecular weight excluding hydrogens is 396 g/mol. The van der Waals surface area contributed by atoms with Crippen molar-refractivity contribution in [2.45, 2.75) is 25.8 Å². The monoisotopic (exact) mass is 409 g/mol. The van der Waals surface area contributed by atoms with E-state index in [1.807, 2.05) is 29.5 Å². The van der Waals surface area contributed by atoms with Crippen LogP contribution in [0, 0.1) is 9.39 Å². The minimum atomic E-state index is -0.325. The summed E-state index contributed by atoms with van der Waals surface area (Å²) in [5.74, 6) is 0.286. The topological polar surface area (TPSA) is 46.9 Å². The van der Waals surface area contributed by atoms with E-state index in [1.54, 1.807) is 10.6 Å². The second-order valence-electron chi connectivity index (χ2n) is 4.35. The first kappa shape index (κ1) is 15.5. The van der Waals surface area contributed by atoms with Crippen molar-refractivity contribution in [2.24, 2.45) is 0 Å². The predicted octanol–water partition coefficient (Wildman–Crippen LogP) is 3.05. The number of hydrogen-bond donors (Lipinski definition) is 1. The molecule has 0 saturated carbocycles. The second kappa shape index (κ2) is 6.71. The number of rotatable bonds is 5. The molecule has 1 heterocycles. The fraction of sp³-hybridized carbons (Fsp3) is 0.385. The van der Waals surface area contributed by atoms with Gasteiger partial charge in [0.25, 0.3) is 0 Å². The van der Waals surface area contributed by atoms with Crippen LogP contribution in [0.1, 0.15) is 19.2 Å². The quantitative estimate of drug-likeness (QED) is 0.609. The molecule has 2 aromatic rings. The largest absolute Gasteiger partial charge is 0.355 e. The van der Waals surface area contributed by atoms with Crippen molar-refractivity contribution < 1.29 is 9.18 Å². The summed E-state index contributed by atoms with van der Waals surface area (Å²) < 4.78 is 15.9. The molecule has 0 spiro atoms. The van der Waals surface area contributed by atoms with Gasteiger partial charge >= 0.3 is 0 Å². The Hall–Kier alpha value is -0.890. The molecule has 20 heavy (non-hydrogen) atoms. The van der Waals surface area contributed by atoms with E-state index in [0.717, 1.165) is 6.42 Å². The van der Waals surface area contributed by atoms with Gasteiger partial charge in [-0.1, -0.05) is 6.92 Å². The molecule has 1 N–H and O–H groups in total. The van der Waals surface area contributed by atoms with Crippen molar-refractivity contribution in [1.29, 1.82) is 0 Å². The Morgan fingerprint density at radius 2 is 2.30 bits per heavy atom. The first-order valence-corrected chi connectivity index (χ1v) is 7.85. The fourth-order valence-corrected chi connectivity index (χ4v) is 2.57. The van der Waals surface area contributed by atoms with Crippen molar-refractivity contribution in [1.82, 2.24) is 14.9 Å². The molecule has 2 rings (SSSR count). The number of benzene rings is 1. The van der Waals surface area contributed by atoms with Crippen LogP contribution in [0.5, 0.6) is 0 Å². The molecule has 1 aromatic heterocycles. The Morgan fingerprint density at radius 3 is 2.95 bits per heavy atom. The molecule has 0 aliphatic heterocycles. The fourth-order valence-electron chi connectivity index (χ4n) is 1.91. The van der Waals surface area contributed by atoms with Gasteiger partial charge in [0.2, 0.25) is 5.91 Å². The van der Waals surface area contributed by atoms with Crippen LogP contribution in [0.4, 0.5) is 4.39 Å². The van der Waals surface area contributed by atoms with Crippen LogP contribution in [0.2, 0.25) is 0 Å². The Bertz CT molecular complexity index is 644. The van der Waals surface area contributed by atoms with Crippen molar-refractivity contribution in [2.75, 3.05) is 6.54 Å². The van der Waals surface area contributed by atoms with Gasteiger partial charge in [-0.3, -0.25) is 4.79 Å². The van der Waals surface area contributed by atoms with Gasteiger partial charge in [0.1, 0.15) is 18.2 Å². The molecule has 4 nitrogen and oxygen atoms in total. The van der Waals surface area contributed by atoms with Crippen LogP contribution in [0.15, 0.2) is 12.1 Å². The number of hydrogen-bond acceptors (Lipinski definition) is 2. The molecule has 0 unspecified atom stereocenters. The van der Waals surface area contributed by atoms with Gasteiger partial charge < -0.3 is 9.88 Å². The number of halogens is 3. The lowest BCUT2D eigenvalue weighted by Crippen LogP contribution is -2.28. The zero-order valence-corrected chi connectivity index (χ0v) is 13.8. The summed E-state index contributed by atoms with van der Waals surface area (Å²) in [7, 11) is 0. The number of amides is 1. The number of nitrogens with one attached hydrogen (secondary N) is 1. The molecule has 0 radical (unpaired) electrons. The first-order chi connectivity index (χ1) is 9.56. The number of carbonyl (C=O) groups excluding carboxylic acids is 1. The number of alkyl halides is 1. The molecule has 1 amide bonds. The third-order valence-electron chi connectivity index (χ3n) is 2.86. The average molecular weight is 410 g/mol. The van der Waals surface area contributed by atoms with E-state index in [9.17, 15) is 9.18 Å². The van der Waals surface area contributed by atoms with Crippen molar-refractivity contribution in [3.63, 3.8) is 0 Å². The normalized spacial score (nSPS) is 11.0. The molecule has 0 bridgehead atoms. The third-order valence-corrected chi connectivity index (χ3v) is 3.93. The summed E-state index contributed by atoms with van der Waals surface area (Å²) in [4.78, 5) is 16.2. The standard InChI is InChI=1S/C13H14ClFIN3O/c1-2-3-17-13(20)7-19-11-4-8(15)9(16)5-10(11)18-12(19)6-14/h4-5H,2-3,6-7H2,1H3,(H,17,20). The molecule has 0 saturated heterocycles. The lowest BCUT2D eigenvalue weighted by atomic mass is 10.3. The van der Waals surface area contributed by atoms with Gasteiger partial charge in [0.15, 0.2) is 0 Å². The van der Waals surface area contributed by atoms with Gasteiger partial charge in [0, 0.05) is 12.6 Å². The lowest BCUT2D eigenvalue weighted by molar-refractivity contribution is -0.121. The number of carbonyl (C=O) groups is 1. The molecule has 7 heteroatoms. The number of fused-ring (bicyclic) bond motifs is 1. The lowest BCUT2D eigenvalue weighted by Gasteiger charge is -2.08. The maximum atomic E-state index is 13.7. The SMILES string of the molecule is CCCNC(=O)Cn1c(CCl)nc2cc(I)c(F)cc21. The predicted molar refractivity (Wildman–Crippen MR) is 85.3 cm³/mol. The van der Waals surface area contributed by atoms with Crippen molar-refractivity contribution >= 4 is 51.1 Å². The van der Waals surface area contributed by atoms with Crippen LogP contribution in [0.25, 0.3) is 11.0 Å². The van der Waals surface area contributed by atoms with Crippen LogP contribution in [-0.4, -0.2) is 22.0 Å². The maximum Gasteiger partial charge on any atom is 0.240 e. The zero-order valence-electron chi connectivity index (χ0n) is 10.9. The highest BCUT2D eigenvalue weighted by Crippen LogP contribution is 2.22. The van der Waals surface area contributed by atoms with Gasteiger partial charge in [-0.15, -0.1) is 11.6 Å². The smallest absolute Gasteiger partial charge is 0.240 e. The zero-order chi connectivity index (χ0) is 14.7. The van der Waals surface area contributed by atoms with Crippen LogP contribution in [-0.2, 0) is 17.2 Å². The summed E-state index contributed by atoms with van der Waals surface area (Å²) in [5.41, 5.74) is 1.24. The van der Waals surface area contributed by atoms with E-state index >= 15 is 0 Å². The molecular formula is C13H14ClFIN3O. The van der Waals surface area contributed by atoms with Crippen molar-refractivity contribution in [3.05, 3.63) is 27.3 Å². The van der Waals surface area contributed by atoms with E-state index in [0.29, 0.717) is 27.0 Å². The Labute approximate surface area is 134 Å². The highest BCUT2D eigenvalue weighted by molar-refractivity contribution is 14.1. The van der Waals surface area contributed by atoms with E-state index < -0.39 is 0 Å². The molecule has 0 aliphatic carbocycles. The second-order valence-corrected chi connectivity index (χ2v) is 5.78.